The van der Waals surface area contributed by atoms with Crippen LogP contribution in [0.1, 0.15) is 12.5 Å². The van der Waals surface area contributed by atoms with E-state index in [0.717, 1.165) is 6.54 Å². The molecule has 90 valence electrons. The highest BCUT2D eigenvalue weighted by Crippen LogP contribution is 2.07. The van der Waals surface area contributed by atoms with E-state index in [0.29, 0.717) is 13.1 Å². The van der Waals surface area contributed by atoms with Crippen molar-refractivity contribution >= 4 is 0 Å². The highest BCUT2D eigenvalue weighted by atomic mass is 16.3. The van der Waals surface area contributed by atoms with Gasteiger partial charge < -0.3 is 10.0 Å². The van der Waals surface area contributed by atoms with Crippen molar-refractivity contribution in [3.05, 3.63) is 26.4 Å². The van der Waals surface area contributed by atoms with Crippen molar-refractivity contribution < 1.29 is 5.11 Å². The molecule has 0 saturated heterocycles. The Labute approximate surface area is 93.1 Å². The minimum Gasteiger partial charge on any atom is -0.494 e. The predicted molar refractivity (Wildman–Crippen MR) is 60.9 cm³/mol. The number of aromatic nitrogens is 2. The van der Waals surface area contributed by atoms with E-state index in [4.69, 9.17) is 0 Å². The summed E-state index contributed by atoms with van der Waals surface area (Å²) in [6.07, 6.45) is 0. The smallest absolute Gasteiger partial charge is 0.331 e. The summed E-state index contributed by atoms with van der Waals surface area (Å²) in [7, 11) is 1.92. The summed E-state index contributed by atoms with van der Waals surface area (Å²) in [6, 6.07) is 0. The Bertz CT molecular complexity index is 475. The van der Waals surface area contributed by atoms with Crippen LogP contribution in [0.3, 0.4) is 0 Å². The van der Waals surface area contributed by atoms with Gasteiger partial charge >= 0.3 is 5.69 Å². The summed E-state index contributed by atoms with van der Waals surface area (Å²) in [5.74, 6) is -0.252. The second-order valence-corrected chi connectivity index (χ2v) is 3.76. The third-order valence-electron chi connectivity index (χ3n) is 2.64. The third kappa shape index (κ3) is 2.52. The number of likely N-dealkylation sites (N-methyl/N-ethyl adjacent to an activating group) is 1. The lowest BCUT2D eigenvalue weighted by Gasteiger charge is -2.15. The molecular weight excluding hydrogens is 210 g/mol. The molecule has 0 fully saturated rings. The number of hydrogen-bond donors (Lipinski definition) is 2. The van der Waals surface area contributed by atoms with Crippen LogP contribution in [0.4, 0.5) is 0 Å². The van der Waals surface area contributed by atoms with Crippen LogP contribution in [-0.2, 0) is 6.54 Å². The molecule has 0 spiro atoms. The number of nitrogens with one attached hydrogen (secondary N) is 1. The molecule has 0 bridgehead atoms. The molecule has 0 saturated carbocycles. The van der Waals surface area contributed by atoms with E-state index in [1.165, 1.54) is 11.5 Å². The lowest BCUT2D eigenvalue weighted by atomic mass is 10.3. The van der Waals surface area contributed by atoms with Gasteiger partial charge in [0.25, 0.3) is 5.56 Å². The highest BCUT2D eigenvalue weighted by Gasteiger charge is 2.10. The molecule has 6 nitrogen and oxygen atoms in total. The molecule has 2 N–H and O–H groups in total. The maximum absolute atomic E-state index is 11.4. The summed E-state index contributed by atoms with van der Waals surface area (Å²) in [4.78, 5) is 26.8. The van der Waals surface area contributed by atoms with Gasteiger partial charge in [-0.05, 0) is 20.5 Å². The number of aromatic hydroxyl groups is 1. The van der Waals surface area contributed by atoms with Crippen LogP contribution in [0.25, 0.3) is 0 Å². The van der Waals surface area contributed by atoms with Crippen LogP contribution in [0.15, 0.2) is 9.59 Å². The van der Waals surface area contributed by atoms with Gasteiger partial charge in [0.15, 0.2) is 0 Å². The Balaban J connectivity index is 3.01. The minimum absolute atomic E-state index is 0.166. The lowest BCUT2D eigenvalue weighted by Crippen LogP contribution is -2.34. The van der Waals surface area contributed by atoms with Crippen molar-refractivity contribution in [1.82, 2.24) is 14.5 Å². The van der Waals surface area contributed by atoms with Gasteiger partial charge in [-0.1, -0.05) is 6.92 Å². The predicted octanol–water partition coefficient (Wildman–Crippen LogP) is -0.498. The van der Waals surface area contributed by atoms with Gasteiger partial charge in [0.05, 0.1) is 5.56 Å². The van der Waals surface area contributed by atoms with Crippen molar-refractivity contribution in [1.29, 1.82) is 0 Å². The Hall–Kier alpha value is -1.56. The molecule has 0 aliphatic rings. The Morgan fingerprint density at radius 3 is 2.62 bits per heavy atom. The van der Waals surface area contributed by atoms with Gasteiger partial charge in [-0.25, -0.2) is 4.79 Å². The number of aromatic amines is 1. The van der Waals surface area contributed by atoms with E-state index in [1.807, 2.05) is 18.9 Å². The van der Waals surface area contributed by atoms with E-state index in [1.54, 1.807) is 0 Å². The zero-order valence-corrected chi connectivity index (χ0v) is 9.78. The molecule has 1 rings (SSSR count). The zero-order valence-electron chi connectivity index (χ0n) is 9.78. The average Bonchev–Trinajstić information content (AvgIpc) is 2.25. The van der Waals surface area contributed by atoms with Crippen molar-refractivity contribution in [3.63, 3.8) is 0 Å². The van der Waals surface area contributed by atoms with Gasteiger partial charge in [0.2, 0.25) is 5.88 Å². The second-order valence-electron chi connectivity index (χ2n) is 3.76. The SMILES string of the molecule is CCN(C)CCn1c(O)c(C)c(=O)[nH]c1=O. The maximum atomic E-state index is 11.4. The molecule has 6 heteroatoms. The first-order chi connectivity index (χ1) is 7.47. The Morgan fingerprint density at radius 2 is 2.06 bits per heavy atom. The van der Waals surface area contributed by atoms with Crippen molar-refractivity contribution in [2.45, 2.75) is 20.4 Å². The lowest BCUT2D eigenvalue weighted by molar-refractivity contribution is 0.313. The number of nitrogens with zero attached hydrogens (tertiary/aromatic N) is 2. The zero-order chi connectivity index (χ0) is 12.3. The monoisotopic (exact) mass is 227 g/mol. The molecule has 0 aromatic carbocycles. The van der Waals surface area contributed by atoms with Gasteiger partial charge in [-0.2, -0.15) is 0 Å². The highest BCUT2D eigenvalue weighted by molar-refractivity contribution is 5.20. The van der Waals surface area contributed by atoms with Gasteiger partial charge in [0, 0.05) is 13.1 Å². The van der Waals surface area contributed by atoms with E-state index >= 15 is 0 Å². The van der Waals surface area contributed by atoms with Crippen molar-refractivity contribution in [3.8, 4) is 5.88 Å². The van der Waals surface area contributed by atoms with Crippen LogP contribution in [0.5, 0.6) is 5.88 Å². The summed E-state index contributed by atoms with van der Waals surface area (Å²) < 4.78 is 1.17. The van der Waals surface area contributed by atoms with Crippen molar-refractivity contribution in [2.24, 2.45) is 0 Å². The van der Waals surface area contributed by atoms with Crippen LogP contribution in [0, 0.1) is 6.92 Å². The molecule has 0 aliphatic carbocycles. The van der Waals surface area contributed by atoms with Crippen LogP contribution in [-0.4, -0.2) is 39.7 Å². The second kappa shape index (κ2) is 4.98. The standard InChI is InChI=1S/C10H17N3O3/c1-4-12(3)5-6-13-9(15)7(2)8(14)11-10(13)16/h15H,4-6H2,1-3H3,(H,11,14,16). The fourth-order valence-electron chi connectivity index (χ4n) is 1.29. The molecule has 0 amide bonds. The molecule has 1 aromatic rings. The van der Waals surface area contributed by atoms with Crippen LogP contribution in [0.2, 0.25) is 0 Å². The van der Waals surface area contributed by atoms with E-state index in [9.17, 15) is 14.7 Å². The fourth-order valence-corrected chi connectivity index (χ4v) is 1.29. The Kier molecular flexibility index (Phi) is 3.89. The summed E-state index contributed by atoms with van der Waals surface area (Å²) in [5, 5.41) is 9.67. The fraction of sp³-hybridized carbons (Fsp3) is 0.600. The molecule has 0 radical (unpaired) electrons. The first kappa shape index (κ1) is 12.5. The Morgan fingerprint density at radius 1 is 1.44 bits per heavy atom. The number of rotatable bonds is 4. The normalized spacial score (nSPS) is 11.0. The first-order valence-electron chi connectivity index (χ1n) is 5.18. The quantitative estimate of drug-likeness (QED) is 0.727. The van der Waals surface area contributed by atoms with E-state index < -0.39 is 11.2 Å². The molecular formula is C10H17N3O3. The van der Waals surface area contributed by atoms with E-state index in [2.05, 4.69) is 4.98 Å². The van der Waals surface area contributed by atoms with Gasteiger partial charge in [-0.15, -0.1) is 0 Å². The third-order valence-corrected chi connectivity index (χ3v) is 2.64. The molecule has 0 aliphatic heterocycles. The summed E-state index contributed by atoms with van der Waals surface area (Å²) in [5.41, 5.74) is -0.945. The van der Waals surface area contributed by atoms with Gasteiger partial charge in [-0.3, -0.25) is 14.3 Å². The molecule has 0 unspecified atom stereocenters. The van der Waals surface area contributed by atoms with Crippen LogP contribution < -0.4 is 11.2 Å². The number of hydrogen-bond acceptors (Lipinski definition) is 4. The molecule has 1 heterocycles. The topological polar surface area (TPSA) is 78.3 Å². The maximum Gasteiger partial charge on any atom is 0.331 e. The summed E-state index contributed by atoms with van der Waals surface area (Å²) >= 11 is 0. The van der Waals surface area contributed by atoms with E-state index in [-0.39, 0.29) is 11.4 Å². The summed E-state index contributed by atoms with van der Waals surface area (Å²) in [6.45, 7) is 5.33. The van der Waals surface area contributed by atoms with Crippen LogP contribution >= 0.6 is 0 Å². The van der Waals surface area contributed by atoms with Crippen molar-refractivity contribution in [2.75, 3.05) is 20.1 Å². The number of H-pyrrole nitrogens is 1. The van der Waals surface area contributed by atoms with Gasteiger partial charge in [0.1, 0.15) is 0 Å². The molecule has 16 heavy (non-hydrogen) atoms. The minimum atomic E-state index is -0.572. The molecule has 1 aromatic heterocycles. The first-order valence-corrected chi connectivity index (χ1v) is 5.18. The largest absolute Gasteiger partial charge is 0.494 e. The average molecular weight is 227 g/mol. The molecule has 0 atom stereocenters.